The smallest absolute Gasteiger partial charge is 0.0859 e. The van der Waals surface area contributed by atoms with Crippen molar-refractivity contribution in [2.45, 2.75) is 58.4 Å². The first-order chi connectivity index (χ1) is 13.4. The fourth-order valence-electron chi connectivity index (χ4n) is 3.91. The van der Waals surface area contributed by atoms with Gasteiger partial charge in [-0.2, -0.15) is 5.26 Å². The van der Waals surface area contributed by atoms with Crippen LogP contribution in [0, 0.1) is 17.2 Å². The molecular formula is C25H33ClN2. The molecule has 28 heavy (non-hydrogen) atoms. The van der Waals surface area contributed by atoms with Crippen molar-refractivity contribution in [2.24, 2.45) is 5.92 Å². The summed E-state index contributed by atoms with van der Waals surface area (Å²) in [4.78, 5) is 2.52. The summed E-state index contributed by atoms with van der Waals surface area (Å²) < 4.78 is 0. The van der Waals surface area contributed by atoms with Crippen molar-refractivity contribution in [2.75, 3.05) is 13.1 Å². The second kappa shape index (κ2) is 10.6. The number of hydrogen-bond donors (Lipinski definition) is 0. The molecule has 3 heteroatoms. The van der Waals surface area contributed by atoms with Gasteiger partial charge < -0.3 is 4.90 Å². The molecular weight excluding hydrogens is 364 g/mol. The normalized spacial score (nSPS) is 13.7. The van der Waals surface area contributed by atoms with Crippen LogP contribution in [0.3, 0.4) is 0 Å². The number of rotatable bonds is 10. The number of benzene rings is 2. The lowest BCUT2D eigenvalue weighted by molar-refractivity contribution is 0.210. The molecule has 0 saturated carbocycles. The van der Waals surface area contributed by atoms with Crippen molar-refractivity contribution in [3.8, 4) is 6.07 Å². The summed E-state index contributed by atoms with van der Waals surface area (Å²) in [7, 11) is 0. The van der Waals surface area contributed by atoms with Gasteiger partial charge in [0.1, 0.15) is 0 Å². The minimum absolute atomic E-state index is 0.203. The molecule has 0 aromatic heterocycles. The maximum atomic E-state index is 10.1. The first-order valence-corrected chi connectivity index (χ1v) is 10.7. The average molecular weight is 397 g/mol. The Morgan fingerprint density at radius 2 is 1.61 bits per heavy atom. The third-order valence-corrected chi connectivity index (χ3v) is 6.15. The van der Waals surface area contributed by atoms with Crippen molar-refractivity contribution in [1.82, 2.24) is 4.90 Å². The highest BCUT2D eigenvalue weighted by Crippen LogP contribution is 2.40. The van der Waals surface area contributed by atoms with Gasteiger partial charge in [0, 0.05) is 17.6 Å². The molecule has 1 unspecified atom stereocenters. The van der Waals surface area contributed by atoms with Gasteiger partial charge in [-0.05, 0) is 62.8 Å². The number of nitriles is 1. The van der Waals surface area contributed by atoms with Gasteiger partial charge >= 0.3 is 0 Å². The van der Waals surface area contributed by atoms with Crippen LogP contribution >= 0.6 is 11.6 Å². The van der Waals surface area contributed by atoms with E-state index in [9.17, 15) is 5.26 Å². The molecule has 2 nitrogen and oxygen atoms in total. The minimum Gasteiger partial charge on any atom is -0.301 e. The summed E-state index contributed by atoms with van der Waals surface area (Å²) in [6.45, 7) is 10.8. The van der Waals surface area contributed by atoms with E-state index in [1.807, 2.05) is 24.3 Å². The van der Waals surface area contributed by atoms with Crippen LogP contribution < -0.4 is 0 Å². The van der Waals surface area contributed by atoms with Gasteiger partial charge in [0.05, 0.1) is 11.5 Å². The van der Waals surface area contributed by atoms with Gasteiger partial charge in [-0.25, -0.2) is 0 Å². The Labute approximate surface area is 176 Å². The SMILES string of the molecule is CC(C)N(CCCC(C#N)(c1ccccc1Cl)C(C)C)CCc1ccccc1. The number of nitrogens with zero attached hydrogens (tertiary/aromatic N) is 2. The van der Waals surface area contributed by atoms with Crippen molar-refractivity contribution >= 4 is 11.6 Å². The van der Waals surface area contributed by atoms with E-state index in [1.165, 1.54) is 5.56 Å². The van der Waals surface area contributed by atoms with Crippen molar-refractivity contribution in [1.29, 1.82) is 5.26 Å². The highest BCUT2D eigenvalue weighted by atomic mass is 35.5. The fraction of sp³-hybridized carbons (Fsp3) is 0.480. The summed E-state index contributed by atoms with van der Waals surface area (Å²) in [6, 6.07) is 21.6. The Bertz CT molecular complexity index is 764. The van der Waals surface area contributed by atoms with Crippen LogP contribution in [0.4, 0.5) is 0 Å². The molecule has 0 bridgehead atoms. The van der Waals surface area contributed by atoms with Crippen LogP contribution in [0.5, 0.6) is 0 Å². The van der Waals surface area contributed by atoms with Gasteiger partial charge in [0.15, 0.2) is 0 Å². The standard InChI is InChI=1S/C25H33ClN2/c1-20(2)25(19-27,23-13-8-9-14-24(23)26)16-10-17-28(21(3)4)18-15-22-11-6-5-7-12-22/h5-9,11-14,20-21H,10,15-18H2,1-4H3. The summed E-state index contributed by atoms with van der Waals surface area (Å²) in [5, 5.41) is 10.8. The molecule has 2 aromatic carbocycles. The van der Waals surface area contributed by atoms with Gasteiger partial charge in [-0.1, -0.05) is 74.0 Å². The van der Waals surface area contributed by atoms with E-state index in [1.54, 1.807) is 0 Å². The fourth-order valence-corrected chi connectivity index (χ4v) is 4.21. The molecule has 1 atom stereocenters. The van der Waals surface area contributed by atoms with Gasteiger partial charge in [-0.15, -0.1) is 0 Å². The number of halogens is 1. The first-order valence-electron chi connectivity index (χ1n) is 10.3. The van der Waals surface area contributed by atoms with Gasteiger partial charge in [0.25, 0.3) is 0 Å². The molecule has 0 fully saturated rings. The predicted molar refractivity (Wildman–Crippen MR) is 120 cm³/mol. The van der Waals surface area contributed by atoms with E-state index in [4.69, 9.17) is 11.6 Å². The molecule has 0 heterocycles. The quantitative estimate of drug-likeness (QED) is 0.458. The average Bonchev–Trinajstić information content (AvgIpc) is 2.69. The Balaban J connectivity index is 2.05. The molecule has 150 valence electrons. The molecule has 2 aromatic rings. The van der Waals surface area contributed by atoms with E-state index >= 15 is 0 Å². The molecule has 0 N–H and O–H groups in total. The Kier molecular flexibility index (Phi) is 8.55. The summed E-state index contributed by atoms with van der Waals surface area (Å²) in [5.41, 5.74) is 1.80. The highest BCUT2D eigenvalue weighted by Gasteiger charge is 2.37. The third kappa shape index (κ3) is 5.60. The predicted octanol–water partition coefficient (Wildman–Crippen LogP) is 6.49. The van der Waals surface area contributed by atoms with E-state index in [0.29, 0.717) is 11.1 Å². The largest absolute Gasteiger partial charge is 0.301 e. The van der Waals surface area contributed by atoms with E-state index in [-0.39, 0.29) is 5.92 Å². The zero-order valence-electron chi connectivity index (χ0n) is 17.7. The lowest BCUT2D eigenvalue weighted by Crippen LogP contribution is -2.36. The summed E-state index contributed by atoms with van der Waals surface area (Å²) in [5.74, 6) is 0.203. The van der Waals surface area contributed by atoms with Crippen molar-refractivity contribution < 1.29 is 0 Å². The van der Waals surface area contributed by atoms with E-state index in [2.05, 4.69) is 69.0 Å². The summed E-state index contributed by atoms with van der Waals surface area (Å²) in [6.07, 6.45) is 2.85. The molecule has 0 spiro atoms. The van der Waals surface area contributed by atoms with Crippen LogP contribution in [-0.4, -0.2) is 24.0 Å². The Morgan fingerprint density at radius 1 is 0.964 bits per heavy atom. The molecule has 0 radical (unpaired) electrons. The molecule has 0 saturated heterocycles. The molecule has 0 aliphatic carbocycles. The maximum Gasteiger partial charge on any atom is 0.0859 e. The zero-order chi connectivity index (χ0) is 20.6. The van der Waals surface area contributed by atoms with Crippen LogP contribution in [0.2, 0.25) is 5.02 Å². The summed E-state index contributed by atoms with van der Waals surface area (Å²) >= 11 is 6.48. The number of hydrogen-bond acceptors (Lipinski definition) is 2. The zero-order valence-corrected chi connectivity index (χ0v) is 18.4. The van der Waals surface area contributed by atoms with Crippen LogP contribution in [0.1, 0.15) is 51.7 Å². The third-order valence-electron chi connectivity index (χ3n) is 5.82. The molecule has 0 aliphatic rings. The van der Waals surface area contributed by atoms with E-state index < -0.39 is 5.41 Å². The maximum absolute atomic E-state index is 10.1. The highest BCUT2D eigenvalue weighted by molar-refractivity contribution is 6.31. The Morgan fingerprint density at radius 3 is 2.18 bits per heavy atom. The monoisotopic (exact) mass is 396 g/mol. The first kappa shape index (κ1) is 22.5. The second-order valence-electron chi connectivity index (χ2n) is 8.19. The minimum atomic E-state index is -0.541. The Hall–Kier alpha value is -1.82. The topological polar surface area (TPSA) is 27.0 Å². The van der Waals surface area contributed by atoms with Crippen LogP contribution in [-0.2, 0) is 11.8 Å². The second-order valence-corrected chi connectivity index (χ2v) is 8.59. The van der Waals surface area contributed by atoms with Gasteiger partial charge in [-0.3, -0.25) is 0 Å². The van der Waals surface area contributed by atoms with Crippen molar-refractivity contribution in [3.05, 3.63) is 70.7 Å². The van der Waals surface area contributed by atoms with Gasteiger partial charge in [0.2, 0.25) is 0 Å². The molecule has 0 amide bonds. The molecule has 0 aliphatic heterocycles. The van der Waals surface area contributed by atoms with Crippen LogP contribution in [0.25, 0.3) is 0 Å². The molecule has 2 rings (SSSR count). The lowest BCUT2D eigenvalue weighted by Gasteiger charge is -2.34. The van der Waals surface area contributed by atoms with Crippen LogP contribution in [0.15, 0.2) is 54.6 Å². The van der Waals surface area contributed by atoms with E-state index in [0.717, 1.165) is 37.9 Å². The van der Waals surface area contributed by atoms with Crippen molar-refractivity contribution in [3.63, 3.8) is 0 Å². The lowest BCUT2D eigenvalue weighted by atomic mass is 9.70.